The van der Waals surface area contributed by atoms with E-state index < -0.39 is 48.6 Å². The minimum Gasteiger partial charge on any atom is -0.384 e. The van der Waals surface area contributed by atoms with Crippen LogP contribution in [0, 0.1) is 20.8 Å². The number of hydrogen-bond acceptors (Lipinski definition) is 36. The molecule has 1 amide bonds. The smallest absolute Gasteiger partial charge is 0.269 e. The third-order valence-corrected chi connectivity index (χ3v) is 23.8. The Kier molecular flexibility index (Phi) is 33.1. The van der Waals surface area contributed by atoms with Crippen LogP contribution in [-0.2, 0) is 72.3 Å². The first-order valence-electron chi connectivity index (χ1n) is 43.3. The zero-order chi connectivity index (χ0) is 95.2. The van der Waals surface area contributed by atoms with Crippen molar-refractivity contribution in [2.75, 3.05) is 204 Å². The molecule has 708 valence electrons. The predicted octanol–water partition coefficient (Wildman–Crippen LogP) is 12.2. The lowest BCUT2D eigenvalue weighted by molar-refractivity contribution is 0.0957. The number of anilines is 7. The number of rotatable bonds is 17. The fraction of sp³-hybridized carbons (Fsp3) is 0.467. The molecule has 10 aromatic rings. The molecule has 2 aromatic carbocycles. The number of pyridine rings is 3. The molecule has 0 bridgehead atoms. The summed E-state index contributed by atoms with van der Waals surface area (Å²) < 4.78 is 110. The Bertz CT molecular complexity index is 6450. The normalized spacial score (nSPS) is 18.4. The van der Waals surface area contributed by atoms with E-state index in [0.717, 1.165) is 101 Å². The lowest BCUT2D eigenvalue weighted by Gasteiger charge is -2.34. The van der Waals surface area contributed by atoms with Crippen LogP contribution in [0.2, 0.25) is 0 Å². The Morgan fingerprint density at radius 1 is 0.348 bits per heavy atom. The monoisotopic (exact) mass is 1900 g/mol. The lowest BCUT2D eigenvalue weighted by atomic mass is 10.1. The molecule has 5 atom stereocenters. The van der Waals surface area contributed by atoms with Gasteiger partial charge in [-0.3, -0.25) is 4.79 Å². The molecule has 6 aliphatic rings. The summed E-state index contributed by atoms with van der Waals surface area (Å²) in [7, 11) is -10.2. The van der Waals surface area contributed by atoms with Crippen molar-refractivity contribution in [3.63, 3.8) is 0 Å². The number of nitrogen functional groups attached to an aromatic ring is 2. The maximum absolute atomic E-state index is 12.3. The summed E-state index contributed by atoms with van der Waals surface area (Å²) in [6.07, 6.45) is 18.2. The first-order chi connectivity index (χ1) is 62.4. The van der Waals surface area contributed by atoms with Gasteiger partial charge in [0.2, 0.25) is 0 Å². The van der Waals surface area contributed by atoms with Crippen molar-refractivity contribution < 1.29 is 49.5 Å². The van der Waals surface area contributed by atoms with Gasteiger partial charge in [-0.25, -0.2) is 85.8 Å². The first-order valence-corrected chi connectivity index (χ1v) is 54.9. The van der Waals surface area contributed by atoms with Gasteiger partial charge in [0, 0.05) is 232 Å². The Morgan fingerprint density at radius 3 is 0.947 bits per heavy atom. The molecule has 0 radical (unpaired) electrons. The average molecular weight is 1900 g/mol. The van der Waals surface area contributed by atoms with Crippen LogP contribution in [0.4, 0.5) is 69.8 Å². The molecule has 13 heterocycles. The number of nitrogens with two attached hydrogens (primary N) is 2. The predicted molar refractivity (Wildman–Crippen MR) is 528 cm³/mol. The second-order valence-corrected chi connectivity index (χ2v) is 47.3. The highest BCUT2D eigenvalue weighted by Crippen LogP contribution is 2.41. The molecule has 1 saturated carbocycles. The molecule has 8 aromatic heterocycles. The van der Waals surface area contributed by atoms with Gasteiger partial charge in [0.25, 0.3) is 5.91 Å². The highest BCUT2D eigenvalue weighted by Gasteiger charge is 2.31. The van der Waals surface area contributed by atoms with Crippen molar-refractivity contribution in [2.24, 2.45) is 21.8 Å². The number of carbonyl (C=O) groups is 1. The van der Waals surface area contributed by atoms with Crippen molar-refractivity contribution in [1.82, 2.24) is 70.1 Å². The molecule has 0 spiro atoms. The molecule has 16 rings (SSSR count). The summed E-state index contributed by atoms with van der Waals surface area (Å²) in [6.45, 7) is 26.2. The highest BCUT2D eigenvalue weighted by molar-refractivity contribution is 7.93. The van der Waals surface area contributed by atoms with Crippen LogP contribution < -0.4 is 41.3 Å². The van der Waals surface area contributed by atoms with Gasteiger partial charge in [0.05, 0.1) is 96.3 Å². The van der Waals surface area contributed by atoms with Gasteiger partial charge in [-0.2, -0.15) is 21.8 Å². The molecular formula is C90H122N26O11S5. The number of aromatic nitrogens is 13. The van der Waals surface area contributed by atoms with Crippen LogP contribution >= 0.6 is 0 Å². The van der Waals surface area contributed by atoms with Crippen LogP contribution in [0.5, 0.6) is 0 Å². The Hall–Kier alpha value is -11.1. The average Bonchev–Trinajstić information content (AvgIpc) is 1.22. The van der Waals surface area contributed by atoms with E-state index in [1.807, 2.05) is 92.7 Å². The number of ether oxygens (including phenoxy) is 5. The van der Waals surface area contributed by atoms with E-state index in [9.17, 15) is 25.8 Å². The fourth-order valence-corrected chi connectivity index (χ4v) is 17.4. The molecular weight excluding hydrogens is 1780 g/mol. The maximum atomic E-state index is 12.3. The molecule has 6 fully saturated rings. The number of nitrogens with zero attached hydrogens (tertiary/aromatic N) is 23. The Morgan fingerprint density at radius 2 is 0.644 bits per heavy atom. The quantitative estimate of drug-likeness (QED) is 0.0762. The summed E-state index contributed by atoms with van der Waals surface area (Å²) in [5.41, 5.74) is 19.8. The molecule has 5 saturated heterocycles. The number of amides is 1. The number of aryl methyl sites for hydroxylation is 3. The van der Waals surface area contributed by atoms with Crippen molar-refractivity contribution in [3.05, 3.63) is 150 Å². The topological polar surface area (TPSA) is 458 Å². The number of carbonyl (C=O) groups excluding carboxylic acids is 1. The molecule has 37 nitrogen and oxygen atoms in total. The SMILES string of the molecule is CNC(=O)c1cc(-c2nc(N=S(C)(C)=O)cc(N3CCOC[C@H]3C)n2)cc(C)n1.C[C@@H]1COCCN1c1cc(N=S(C)(C)=O)nc(-c2cc(N)nc(C3CC3)c2)n1.C[C@@H]1COCCN1c1cc(N=S(C)(C)=O)nc(-c2ccccc2)n1.Cc1cc(-c2nc(N=S(C)(C)=O)cc(N3CCOC[C@H]3C)n2)cc(N)n1.Cc1cccc(-c2nc(N=S(C)(C)=O)cc(N3CCOC[C@H]3C)n2)c1. The van der Waals surface area contributed by atoms with E-state index in [4.69, 9.17) is 60.1 Å². The zero-order valence-electron chi connectivity index (χ0n) is 78.5. The summed E-state index contributed by atoms with van der Waals surface area (Å²) >= 11 is 0. The van der Waals surface area contributed by atoms with Crippen molar-refractivity contribution in [3.8, 4) is 56.9 Å². The summed E-state index contributed by atoms with van der Waals surface area (Å²) in [4.78, 5) is 82.1. The highest BCUT2D eigenvalue weighted by atomic mass is 32.2. The van der Waals surface area contributed by atoms with E-state index in [1.165, 1.54) is 0 Å². The summed E-state index contributed by atoms with van der Waals surface area (Å²) in [5.74, 6) is 9.47. The van der Waals surface area contributed by atoms with E-state index in [0.29, 0.717) is 165 Å². The van der Waals surface area contributed by atoms with Crippen molar-refractivity contribution in [2.45, 2.75) is 104 Å². The largest absolute Gasteiger partial charge is 0.384 e. The van der Waals surface area contributed by atoms with Crippen molar-refractivity contribution >= 4 is 124 Å². The van der Waals surface area contributed by atoms with E-state index in [-0.39, 0.29) is 41.8 Å². The van der Waals surface area contributed by atoms with Gasteiger partial charge in [-0.05, 0) is 111 Å². The molecule has 132 heavy (non-hydrogen) atoms. The van der Waals surface area contributed by atoms with Crippen LogP contribution in [0.25, 0.3) is 56.9 Å². The number of benzene rings is 2. The van der Waals surface area contributed by atoms with E-state index >= 15 is 0 Å². The van der Waals surface area contributed by atoms with Gasteiger partial charge in [-0.15, -0.1) is 0 Å². The minimum atomic E-state index is -2.41. The molecule has 1 aliphatic carbocycles. The third kappa shape index (κ3) is 29.7. The Labute approximate surface area is 776 Å². The zero-order valence-corrected chi connectivity index (χ0v) is 82.6. The third-order valence-electron chi connectivity index (χ3n) is 20.7. The van der Waals surface area contributed by atoms with Gasteiger partial charge in [0.15, 0.2) is 58.2 Å². The second-order valence-electron chi connectivity index (χ2n) is 34.6. The number of hydrogen-bond donors (Lipinski definition) is 3. The summed E-state index contributed by atoms with van der Waals surface area (Å²) in [6, 6.07) is 38.5. The van der Waals surface area contributed by atoms with Crippen LogP contribution in [0.1, 0.15) is 86.5 Å². The van der Waals surface area contributed by atoms with Crippen LogP contribution in [0.3, 0.4) is 0 Å². The van der Waals surface area contributed by atoms with Gasteiger partial charge in [-0.1, -0.05) is 54.1 Å². The minimum absolute atomic E-state index is 0.132. The van der Waals surface area contributed by atoms with Gasteiger partial charge < -0.3 is 65.0 Å². The van der Waals surface area contributed by atoms with Gasteiger partial charge >= 0.3 is 0 Å². The van der Waals surface area contributed by atoms with Crippen molar-refractivity contribution in [1.29, 1.82) is 0 Å². The van der Waals surface area contributed by atoms with Crippen LogP contribution in [0.15, 0.2) is 143 Å². The molecule has 42 heteroatoms. The van der Waals surface area contributed by atoms with Gasteiger partial charge in [0.1, 0.15) is 46.4 Å². The van der Waals surface area contributed by atoms with E-state index in [2.05, 4.69) is 126 Å². The molecule has 0 unspecified atom stereocenters. The molecule has 5 N–H and O–H groups in total. The standard InChI is InChI=1S/C19H26N6O3S.C19H26N6O2S.C18H24N4O2S.C17H24N6O2S.C17H22N4O2S/c1-12-8-14(9-15(21-12)19(26)20-3)18-22-16(24-29(4,5)27)10-17(23-18)25-6-7-28-11-13(25)2;1-12-11-27-7-6-25(12)18-10-17(24-28(2,3)26)22-19(23-18)14-8-15(13-4-5-13)21-16(20)9-14;1-13-6-5-7-15(10-13)18-19-16(21-25(3,4)23)11-17(20-18)22-8-9-24-12-14(22)2;1-11-7-13(8-14(18)19-11)17-20-15(22-26(3,4)24)9-16(21-17)23-5-6-25-10-12(23)2;1-13-12-23-10-9-21(13)16-11-15(20-24(2,3)22)18-17(19-16)14-7-5-4-6-8-14/h8-10,13H,6-7,11H2,1-5H3,(H,20,26);8-10,12-13H,4-7,11H2,1-3H3,(H2,20,21);5-7,10-11,14H,8-9,12H2,1-4H3;7-9,12H,5-6,10H2,1-4H3,(H2,18,19);4-8,11,13H,9-10,12H2,1-3H3/t13-;12-;14-;12-;13-/m11111/s1. The first kappa shape index (κ1) is 99.9. The molecule has 5 aliphatic heterocycles. The second kappa shape index (κ2) is 43.7. The Balaban J connectivity index is 0.000000149. The number of morpholine rings is 5. The maximum Gasteiger partial charge on any atom is 0.269 e. The lowest BCUT2D eigenvalue weighted by Crippen LogP contribution is -2.44. The number of nitrogens with one attached hydrogen (secondary N) is 1. The van der Waals surface area contributed by atoms with E-state index in [1.54, 1.807) is 119 Å². The summed E-state index contributed by atoms with van der Waals surface area (Å²) in [5, 5.41) is 2.58. The van der Waals surface area contributed by atoms with Crippen LogP contribution in [-0.4, -0.2) is 290 Å². The fourth-order valence-electron chi connectivity index (χ4n) is 14.7.